The molecule has 1 heterocycles. The van der Waals surface area contributed by atoms with Crippen LogP contribution in [0.25, 0.3) is 0 Å². The quantitative estimate of drug-likeness (QED) is 0.886. The van der Waals surface area contributed by atoms with E-state index in [9.17, 15) is 8.78 Å². The number of nitrogens with two attached hydrogens (primary N) is 1. The minimum atomic E-state index is -0.848. The summed E-state index contributed by atoms with van der Waals surface area (Å²) < 4.78 is 27.0. The summed E-state index contributed by atoms with van der Waals surface area (Å²) in [5, 5.41) is 3.69. The Hall–Kier alpha value is -0.970. The molecule has 0 amide bonds. The molecule has 0 radical (unpaired) electrons. The lowest BCUT2D eigenvalue weighted by molar-refractivity contribution is 0.489. The average Bonchev–Trinajstić information content (AvgIpc) is 2.79. The van der Waals surface area contributed by atoms with Crippen molar-refractivity contribution in [2.45, 2.75) is 13.0 Å². The van der Waals surface area contributed by atoms with E-state index in [1.807, 2.05) is 16.8 Å². The van der Waals surface area contributed by atoms with Gasteiger partial charge in [0.1, 0.15) is 0 Å². The fourth-order valence-corrected chi connectivity index (χ4v) is 2.23. The topological polar surface area (TPSA) is 26.0 Å². The number of halogens is 3. The first-order chi connectivity index (χ1) is 7.61. The minimum Gasteiger partial charge on any atom is -0.320 e. The van der Waals surface area contributed by atoms with Crippen LogP contribution in [0.1, 0.15) is 22.7 Å². The van der Waals surface area contributed by atoms with Gasteiger partial charge in [-0.05, 0) is 34.9 Å². The molecule has 0 spiro atoms. The third kappa shape index (κ3) is 2.65. The third-order valence-electron chi connectivity index (χ3n) is 2.54. The molecule has 0 unspecified atom stereocenters. The lowest BCUT2D eigenvalue weighted by Gasteiger charge is -2.12. The predicted octanol–water partition coefficient (Wildman–Crippen LogP) is 3.80. The van der Waals surface area contributed by atoms with Crippen molar-refractivity contribution in [3.05, 3.63) is 57.3 Å². The van der Waals surface area contributed by atoms with Crippen molar-refractivity contribution in [1.82, 2.24) is 0 Å². The van der Waals surface area contributed by atoms with Crippen LogP contribution in [-0.2, 0) is 0 Å². The van der Waals surface area contributed by atoms with E-state index < -0.39 is 17.7 Å². The van der Waals surface area contributed by atoms with Gasteiger partial charge in [-0.25, -0.2) is 8.78 Å². The van der Waals surface area contributed by atoms with Crippen molar-refractivity contribution in [3.8, 4) is 0 Å². The molecule has 0 bridgehead atoms. The van der Waals surface area contributed by atoms with Crippen LogP contribution in [0.2, 0.25) is 0 Å². The summed E-state index contributed by atoms with van der Waals surface area (Å²) in [4.78, 5) is 0. The van der Waals surface area contributed by atoms with E-state index in [2.05, 4.69) is 0 Å². The van der Waals surface area contributed by atoms with Crippen LogP contribution in [0.5, 0.6) is 0 Å². The summed E-state index contributed by atoms with van der Waals surface area (Å²) >= 11 is 1.48. The summed E-state index contributed by atoms with van der Waals surface area (Å²) in [6.45, 7) is 1.53. The fraction of sp³-hybridized carbons (Fsp3) is 0.167. The number of benzene rings is 1. The molecular weight excluding hydrogens is 264 g/mol. The zero-order valence-corrected chi connectivity index (χ0v) is 10.7. The molecular formula is C12H12ClF2NS. The van der Waals surface area contributed by atoms with Gasteiger partial charge in [0, 0.05) is 5.56 Å². The average molecular weight is 276 g/mol. The van der Waals surface area contributed by atoms with Crippen LogP contribution in [-0.4, -0.2) is 0 Å². The fourth-order valence-electron chi connectivity index (χ4n) is 1.53. The van der Waals surface area contributed by atoms with E-state index in [0.29, 0.717) is 5.56 Å². The van der Waals surface area contributed by atoms with Crippen LogP contribution < -0.4 is 5.73 Å². The van der Waals surface area contributed by atoms with Crippen molar-refractivity contribution >= 4 is 23.7 Å². The first-order valence-electron chi connectivity index (χ1n) is 4.83. The predicted molar refractivity (Wildman–Crippen MR) is 68.7 cm³/mol. The Morgan fingerprint density at radius 2 is 1.88 bits per heavy atom. The third-order valence-corrected chi connectivity index (χ3v) is 3.24. The number of rotatable bonds is 2. The van der Waals surface area contributed by atoms with E-state index in [-0.39, 0.29) is 18.0 Å². The molecule has 1 nitrogen and oxygen atoms in total. The normalized spacial score (nSPS) is 12.0. The summed E-state index contributed by atoms with van der Waals surface area (Å²) in [6, 6.07) is 4.28. The highest BCUT2D eigenvalue weighted by Crippen LogP contribution is 2.26. The number of thiophene rings is 1. The molecule has 92 valence electrons. The van der Waals surface area contributed by atoms with Gasteiger partial charge in [0.15, 0.2) is 11.6 Å². The van der Waals surface area contributed by atoms with E-state index in [1.165, 1.54) is 24.3 Å². The molecule has 0 saturated carbocycles. The molecule has 0 aliphatic heterocycles. The number of aryl methyl sites for hydroxylation is 1. The monoisotopic (exact) mass is 275 g/mol. The molecule has 1 aromatic heterocycles. The van der Waals surface area contributed by atoms with Gasteiger partial charge in [0.25, 0.3) is 0 Å². The maximum absolute atomic E-state index is 13.7. The highest BCUT2D eigenvalue weighted by Gasteiger charge is 2.17. The lowest BCUT2D eigenvalue weighted by Crippen LogP contribution is -2.14. The summed E-state index contributed by atoms with van der Waals surface area (Å²) in [6.07, 6.45) is 0. The van der Waals surface area contributed by atoms with Crippen molar-refractivity contribution in [2.75, 3.05) is 0 Å². The first-order valence-corrected chi connectivity index (χ1v) is 5.77. The van der Waals surface area contributed by atoms with Gasteiger partial charge in [-0.2, -0.15) is 11.3 Å². The molecule has 0 aliphatic carbocycles. The Bertz CT molecular complexity index is 499. The summed E-state index contributed by atoms with van der Waals surface area (Å²) in [5.74, 6) is -1.66. The Balaban J connectivity index is 0.00000144. The molecule has 0 fully saturated rings. The van der Waals surface area contributed by atoms with Crippen LogP contribution >= 0.6 is 23.7 Å². The van der Waals surface area contributed by atoms with Gasteiger partial charge >= 0.3 is 0 Å². The van der Waals surface area contributed by atoms with E-state index in [4.69, 9.17) is 5.73 Å². The Morgan fingerprint density at radius 3 is 2.47 bits per heavy atom. The standard InChI is InChI=1S/C12H11F2NS.ClH/c1-7-2-3-9(11(14)10(7)13)12(15)8-4-5-16-6-8;/h2-6,12H,15H2,1H3;1H/t12-;/m1./s1. The van der Waals surface area contributed by atoms with Crippen molar-refractivity contribution in [3.63, 3.8) is 0 Å². The Morgan fingerprint density at radius 1 is 1.18 bits per heavy atom. The Kier molecular flexibility index (Phi) is 4.62. The molecule has 0 saturated heterocycles. The number of hydrogen-bond acceptors (Lipinski definition) is 2. The zero-order chi connectivity index (χ0) is 11.7. The maximum Gasteiger partial charge on any atom is 0.164 e. The summed E-state index contributed by atoms with van der Waals surface area (Å²) in [5.41, 5.74) is 7.17. The Labute approximate surface area is 109 Å². The SMILES string of the molecule is Cc1ccc([C@H](N)c2ccsc2)c(F)c1F.Cl. The van der Waals surface area contributed by atoms with E-state index in [0.717, 1.165) is 5.56 Å². The van der Waals surface area contributed by atoms with Gasteiger partial charge in [-0.3, -0.25) is 0 Å². The summed E-state index contributed by atoms with van der Waals surface area (Å²) in [7, 11) is 0. The molecule has 5 heteroatoms. The van der Waals surface area contributed by atoms with Gasteiger partial charge in [0.2, 0.25) is 0 Å². The van der Waals surface area contributed by atoms with Gasteiger partial charge in [0.05, 0.1) is 6.04 Å². The molecule has 1 atom stereocenters. The van der Waals surface area contributed by atoms with Crippen LogP contribution in [0.3, 0.4) is 0 Å². The maximum atomic E-state index is 13.7. The molecule has 2 rings (SSSR count). The largest absolute Gasteiger partial charge is 0.320 e. The lowest BCUT2D eigenvalue weighted by atomic mass is 10.00. The van der Waals surface area contributed by atoms with Crippen LogP contribution in [0.15, 0.2) is 29.0 Å². The van der Waals surface area contributed by atoms with Crippen LogP contribution in [0, 0.1) is 18.6 Å². The van der Waals surface area contributed by atoms with Crippen molar-refractivity contribution < 1.29 is 8.78 Å². The number of hydrogen-bond donors (Lipinski definition) is 1. The van der Waals surface area contributed by atoms with Gasteiger partial charge in [-0.1, -0.05) is 12.1 Å². The highest BCUT2D eigenvalue weighted by molar-refractivity contribution is 7.08. The van der Waals surface area contributed by atoms with Crippen molar-refractivity contribution in [2.24, 2.45) is 5.73 Å². The second kappa shape index (κ2) is 5.58. The van der Waals surface area contributed by atoms with Gasteiger partial charge in [-0.15, -0.1) is 12.4 Å². The van der Waals surface area contributed by atoms with E-state index >= 15 is 0 Å². The smallest absolute Gasteiger partial charge is 0.164 e. The van der Waals surface area contributed by atoms with E-state index in [1.54, 1.807) is 6.07 Å². The zero-order valence-electron chi connectivity index (χ0n) is 9.11. The first kappa shape index (κ1) is 14.1. The second-order valence-electron chi connectivity index (χ2n) is 3.63. The highest BCUT2D eigenvalue weighted by atomic mass is 35.5. The van der Waals surface area contributed by atoms with Crippen LogP contribution in [0.4, 0.5) is 8.78 Å². The molecule has 0 aliphatic rings. The molecule has 17 heavy (non-hydrogen) atoms. The molecule has 2 aromatic rings. The van der Waals surface area contributed by atoms with Gasteiger partial charge < -0.3 is 5.73 Å². The minimum absolute atomic E-state index is 0. The van der Waals surface area contributed by atoms with Crippen molar-refractivity contribution in [1.29, 1.82) is 0 Å². The molecule has 2 N–H and O–H groups in total. The molecule has 1 aromatic carbocycles. The second-order valence-corrected chi connectivity index (χ2v) is 4.41.